The van der Waals surface area contributed by atoms with Crippen LogP contribution in [0.25, 0.3) is 0 Å². The number of rotatable bonds is 7. The van der Waals surface area contributed by atoms with Crippen molar-refractivity contribution in [2.45, 2.75) is 50.9 Å². The molecule has 2 aliphatic heterocycles. The molecule has 1 aromatic carbocycles. The van der Waals surface area contributed by atoms with E-state index in [0.29, 0.717) is 25.4 Å². The molecule has 2 saturated heterocycles. The zero-order valence-electron chi connectivity index (χ0n) is 24.5. The van der Waals surface area contributed by atoms with E-state index in [1.165, 1.54) is 30.8 Å². The second-order valence-corrected chi connectivity index (χ2v) is 16.2. The van der Waals surface area contributed by atoms with E-state index in [0.717, 1.165) is 75.6 Å². The Morgan fingerprint density at radius 2 is 1.60 bits per heavy atom. The van der Waals surface area contributed by atoms with Crippen LogP contribution in [-0.2, 0) is 32.6 Å². The minimum atomic E-state index is -3.65. The summed E-state index contributed by atoms with van der Waals surface area (Å²) < 4.78 is 29.2. The maximum Gasteiger partial charge on any atom is 0.279 e. The summed E-state index contributed by atoms with van der Waals surface area (Å²) in [7, 11) is -0.815. The van der Waals surface area contributed by atoms with Gasteiger partial charge in [-0.2, -0.15) is 17.4 Å². The lowest BCUT2D eigenvalue weighted by Crippen LogP contribution is -2.46. The van der Waals surface area contributed by atoms with Gasteiger partial charge in [0, 0.05) is 72.8 Å². The van der Waals surface area contributed by atoms with Crippen molar-refractivity contribution >= 4 is 65.5 Å². The topological polar surface area (TPSA) is 103 Å². The molecule has 1 aromatic heterocycles. The third-order valence-corrected chi connectivity index (χ3v) is 11.9. The molecule has 1 N–H and O–H groups in total. The van der Waals surface area contributed by atoms with Crippen LogP contribution in [0, 0.1) is 11.8 Å². The molecule has 234 valence electrons. The summed E-state index contributed by atoms with van der Waals surface area (Å²) in [4.78, 5) is 34.5. The summed E-state index contributed by atoms with van der Waals surface area (Å²) >= 11 is 13.9. The Kier molecular flexibility index (Phi) is 10.5. The van der Waals surface area contributed by atoms with Crippen LogP contribution in [-0.4, -0.2) is 86.1 Å². The number of nitrogens with zero attached hydrogens (tertiary/aromatic N) is 4. The van der Waals surface area contributed by atoms with Crippen LogP contribution in [0.3, 0.4) is 0 Å². The molecule has 13 heteroatoms. The van der Waals surface area contributed by atoms with Crippen molar-refractivity contribution in [2.24, 2.45) is 11.8 Å². The molecule has 9 nitrogen and oxygen atoms in total. The van der Waals surface area contributed by atoms with E-state index in [9.17, 15) is 18.0 Å². The quantitative estimate of drug-likeness (QED) is 0.439. The fourth-order valence-corrected chi connectivity index (χ4v) is 8.73. The van der Waals surface area contributed by atoms with Crippen LogP contribution >= 0.6 is 43.5 Å². The Bertz CT molecular complexity index is 1480. The van der Waals surface area contributed by atoms with E-state index in [1.807, 2.05) is 17.2 Å². The van der Waals surface area contributed by atoms with Gasteiger partial charge in [-0.15, -0.1) is 0 Å². The number of piperidine rings is 2. The minimum absolute atomic E-state index is 0.133. The molecule has 43 heavy (non-hydrogen) atoms. The first kappa shape index (κ1) is 32.8. The van der Waals surface area contributed by atoms with Crippen LogP contribution in [0.5, 0.6) is 0 Å². The number of aromatic nitrogens is 1. The number of likely N-dealkylation sites (tertiary alicyclic amines) is 2. The number of aryl methyl sites for hydroxylation is 2. The van der Waals surface area contributed by atoms with Crippen molar-refractivity contribution in [3.8, 4) is 0 Å². The molecule has 1 atom stereocenters. The number of carbonyl (C=O) groups excluding carboxylic acids is 2. The third kappa shape index (κ3) is 7.64. The van der Waals surface area contributed by atoms with Crippen molar-refractivity contribution in [1.82, 2.24) is 23.8 Å². The minimum Gasteiger partial charge on any atom is -0.343 e. The van der Waals surface area contributed by atoms with Crippen LogP contribution in [0.1, 0.15) is 60.4 Å². The highest BCUT2D eigenvalue weighted by atomic mass is 79.9. The standard InChI is InChI=1S/C30H38Br2ClN5O4S/c1-36(2)43(41,42)35-18-27(40)38-9-5-19(6-10-38)13-26(39)37-11-7-20(8-12-37)29-28-21(15-24(33)16-25(28)32)3-4-22-14-23(31)17-34-30(22)29/h14-17,19-20,29,35H,3-13,18H2,1-2H3/t29-/m1/s1. The number of halogens is 3. The predicted molar refractivity (Wildman–Crippen MR) is 174 cm³/mol. The Morgan fingerprint density at radius 3 is 2.28 bits per heavy atom. The molecule has 2 amide bonds. The Balaban J connectivity index is 1.18. The summed E-state index contributed by atoms with van der Waals surface area (Å²) in [6, 6.07) is 6.27. The summed E-state index contributed by atoms with van der Waals surface area (Å²) in [5.41, 5.74) is 4.93. The Labute approximate surface area is 276 Å². The average molecular weight is 760 g/mol. The Hall–Kier alpha value is -1.57. The van der Waals surface area contributed by atoms with Gasteiger partial charge in [0.15, 0.2) is 0 Å². The summed E-state index contributed by atoms with van der Waals surface area (Å²) in [5.74, 6) is 0.642. The molecule has 0 spiro atoms. The highest BCUT2D eigenvalue weighted by Gasteiger charge is 2.37. The lowest BCUT2D eigenvalue weighted by atomic mass is 9.76. The molecule has 0 unspecified atom stereocenters. The highest BCUT2D eigenvalue weighted by Crippen LogP contribution is 2.46. The van der Waals surface area contributed by atoms with E-state index in [4.69, 9.17) is 16.6 Å². The number of fused-ring (bicyclic) bond motifs is 2. The SMILES string of the molecule is CN(C)S(=O)(=O)NCC(=O)N1CCC(CC(=O)N2CCC([C@H]3c4ncc(Br)cc4CCc4cc(Cl)cc(Br)c43)CC2)CC1. The lowest BCUT2D eigenvalue weighted by Gasteiger charge is -2.38. The van der Waals surface area contributed by atoms with E-state index in [2.05, 4.69) is 48.7 Å². The Morgan fingerprint density at radius 1 is 0.977 bits per heavy atom. The zero-order valence-corrected chi connectivity index (χ0v) is 29.2. The smallest absolute Gasteiger partial charge is 0.279 e. The van der Waals surface area contributed by atoms with Crippen molar-refractivity contribution in [3.63, 3.8) is 0 Å². The molecular formula is C30H38Br2ClN5O4S. The van der Waals surface area contributed by atoms with Gasteiger partial charge in [0.1, 0.15) is 0 Å². The number of nitrogens with one attached hydrogen (secondary N) is 1. The van der Waals surface area contributed by atoms with Gasteiger partial charge >= 0.3 is 0 Å². The second-order valence-electron chi connectivity index (χ2n) is 12.0. The molecule has 0 bridgehead atoms. The zero-order chi connectivity index (χ0) is 30.9. The van der Waals surface area contributed by atoms with Crippen molar-refractivity contribution in [3.05, 3.63) is 60.7 Å². The first-order valence-electron chi connectivity index (χ1n) is 14.8. The third-order valence-electron chi connectivity index (χ3n) is 9.10. The lowest BCUT2D eigenvalue weighted by molar-refractivity contribution is -0.134. The van der Waals surface area contributed by atoms with E-state index in [-0.39, 0.29) is 30.2 Å². The molecule has 3 aliphatic rings. The fraction of sp³-hybridized carbons (Fsp3) is 0.567. The largest absolute Gasteiger partial charge is 0.343 e. The molecule has 5 rings (SSSR count). The summed E-state index contributed by atoms with van der Waals surface area (Å²) in [5, 5.41) is 0.731. The first-order chi connectivity index (χ1) is 20.4. The second kappa shape index (κ2) is 13.8. The van der Waals surface area contributed by atoms with Gasteiger partial charge in [-0.25, -0.2) is 0 Å². The number of pyridine rings is 1. The normalized spacial score (nSPS) is 20.1. The molecule has 2 aromatic rings. The van der Waals surface area contributed by atoms with Crippen molar-refractivity contribution in [1.29, 1.82) is 0 Å². The van der Waals surface area contributed by atoms with Gasteiger partial charge in [0.25, 0.3) is 10.2 Å². The monoisotopic (exact) mass is 757 g/mol. The van der Waals surface area contributed by atoms with E-state index < -0.39 is 10.2 Å². The average Bonchev–Trinajstić information content (AvgIpc) is 3.13. The number of benzene rings is 1. The summed E-state index contributed by atoms with van der Waals surface area (Å²) in [6.07, 6.45) is 7.46. The maximum atomic E-state index is 13.3. The number of hydrogen-bond donors (Lipinski definition) is 1. The molecule has 0 radical (unpaired) electrons. The van der Waals surface area contributed by atoms with Gasteiger partial charge in [-0.1, -0.05) is 27.5 Å². The van der Waals surface area contributed by atoms with E-state index in [1.54, 1.807) is 4.90 Å². The molecule has 0 saturated carbocycles. The van der Waals surface area contributed by atoms with Crippen LogP contribution in [0.4, 0.5) is 0 Å². The molecule has 2 fully saturated rings. The molecular weight excluding hydrogens is 722 g/mol. The van der Waals surface area contributed by atoms with E-state index >= 15 is 0 Å². The first-order valence-corrected chi connectivity index (χ1v) is 18.2. The van der Waals surface area contributed by atoms with Crippen molar-refractivity contribution in [2.75, 3.05) is 46.8 Å². The molecule has 3 heterocycles. The van der Waals surface area contributed by atoms with Crippen molar-refractivity contribution < 1.29 is 18.0 Å². The van der Waals surface area contributed by atoms with Gasteiger partial charge in [-0.05, 0) is 101 Å². The van der Waals surface area contributed by atoms with Crippen LogP contribution < -0.4 is 4.72 Å². The van der Waals surface area contributed by atoms with Gasteiger partial charge in [-0.3, -0.25) is 14.6 Å². The highest BCUT2D eigenvalue weighted by molar-refractivity contribution is 9.10. The molecule has 1 aliphatic carbocycles. The van der Waals surface area contributed by atoms with Crippen LogP contribution in [0.2, 0.25) is 5.02 Å². The number of amides is 2. The number of hydrogen-bond acceptors (Lipinski definition) is 5. The predicted octanol–water partition coefficient (Wildman–Crippen LogP) is 4.75. The number of carbonyl (C=O) groups is 2. The van der Waals surface area contributed by atoms with Gasteiger partial charge in [0.2, 0.25) is 11.8 Å². The fourth-order valence-electron chi connectivity index (χ4n) is 6.67. The van der Waals surface area contributed by atoms with Gasteiger partial charge in [0.05, 0.1) is 12.2 Å². The van der Waals surface area contributed by atoms with Crippen LogP contribution in [0.15, 0.2) is 33.3 Å². The summed E-state index contributed by atoms with van der Waals surface area (Å²) in [6.45, 7) is 2.24. The van der Waals surface area contributed by atoms with Gasteiger partial charge < -0.3 is 9.80 Å². The maximum absolute atomic E-state index is 13.3.